The molecule has 1 aromatic carbocycles. The zero-order valence-electron chi connectivity index (χ0n) is 15.2. The van der Waals surface area contributed by atoms with E-state index in [9.17, 15) is 4.79 Å². The largest absolute Gasteiger partial charge is 0.379 e. The maximum absolute atomic E-state index is 12.2. The minimum absolute atomic E-state index is 0.0190. The van der Waals surface area contributed by atoms with Gasteiger partial charge < -0.3 is 15.4 Å². The number of nitrogens with zero attached hydrogens (tertiary/aromatic N) is 3. The summed E-state index contributed by atoms with van der Waals surface area (Å²) in [6, 6.07) is 12.7. The van der Waals surface area contributed by atoms with Gasteiger partial charge in [-0.3, -0.25) is 9.69 Å². The second-order valence-electron chi connectivity index (χ2n) is 6.89. The van der Waals surface area contributed by atoms with Crippen LogP contribution in [0.15, 0.2) is 42.5 Å². The summed E-state index contributed by atoms with van der Waals surface area (Å²) in [5.74, 6) is 0.381. The minimum atomic E-state index is -0.274. The maximum Gasteiger partial charge on any atom is 0.276 e. The number of carbonyl (C=O) groups excluding carboxylic acids is 1. The molecule has 1 saturated heterocycles. The van der Waals surface area contributed by atoms with Crippen molar-refractivity contribution in [2.75, 3.05) is 43.5 Å². The molecule has 1 amide bonds. The number of benzene rings is 1. The van der Waals surface area contributed by atoms with E-state index in [2.05, 4.69) is 39.6 Å². The highest BCUT2D eigenvalue weighted by Crippen LogP contribution is 2.17. The molecule has 0 atom stereocenters. The summed E-state index contributed by atoms with van der Waals surface area (Å²) in [5.41, 5.74) is 0.995. The normalized spacial score (nSPS) is 15.5. The van der Waals surface area contributed by atoms with E-state index in [-0.39, 0.29) is 17.1 Å². The van der Waals surface area contributed by atoms with Gasteiger partial charge in [-0.2, -0.15) is 0 Å². The lowest BCUT2D eigenvalue weighted by Crippen LogP contribution is -2.53. The van der Waals surface area contributed by atoms with Crippen LogP contribution in [0.1, 0.15) is 24.3 Å². The van der Waals surface area contributed by atoms with Gasteiger partial charge in [-0.05, 0) is 38.1 Å². The molecule has 3 rings (SSSR count). The van der Waals surface area contributed by atoms with Crippen molar-refractivity contribution in [1.29, 1.82) is 0 Å². The fourth-order valence-electron chi connectivity index (χ4n) is 2.85. The van der Waals surface area contributed by atoms with Crippen LogP contribution in [0, 0.1) is 0 Å². The van der Waals surface area contributed by atoms with Crippen molar-refractivity contribution in [2.24, 2.45) is 0 Å². The van der Waals surface area contributed by atoms with Crippen molar-refractivity contribution in [3.05, 3.63) is 48.2 Å². The summed E-state index contributed by atoms with van der Waals surface area (Å²) >= 11 is 0. The lowest BCUT2D eigenvalue weighted by Gasteiger charge is -2.40. The molecule has 1 aromatic heterocycles. The van der Waals surface area contributed by atoms with Crippen LogP contribution < -0.4 is 10.6 Å². The van der Waals surface area contributed by atoms with E-state index in [4.69, 9.17) is 4.74 Å². The first-order chi connectivity index (χ1) is 12.5. The Morgan fingerprint density at radius 1 is 1.12 bits per heavy atom. The summed E-state index contributed by atoms with van der Waals surface area (Å²) in [7, 11) is 0. The summed E-state index contributed by atoms with van der Waals surface area (Å²) < 4.78 is 5.41. The molecule has 2 aromatic rings. The Bertz CT molecular complexity index is 712. The third-order valence-electron chi connectivity index (χ3n) is 4.50. The van der Waals surface area contributed by atoms with Gasteiger partial charge in [0.05, 0.1) is 13.2 Å². The highest BCUT2D eigenvalue weighted by molar-refractivity contribution is 6.02. The molecule has 1 fully saturated rings. The van der Waals surface area contributed by atoms with Gasteiger partial charge in [0.1, 0.15) is 5.82 Å². The van der Waals surface area contributed by atoms with Gasteiger partial charge in [0, 0.05) is 30.9 Å². The molecule has 2 heterocycles. The number of rotatable bonds is 6. The van der Waals surface area contributed by atoms with Gasteiger partial charge in [-0.1, -0.05) is 18.2 Å². The third-order valence-corrected chi connectivity index (χ3v) is 4.50. The van der Waals surface area contributed by atoms with Gasteiger partial charge in [0.2, 0.25) is 0 Å². The number of ether oxygens (including phenoxy) is 1. The Labute approximate surface area is 153 Å². The molecule has 2 N–H and O–H groups in total. The Kier molecular flexibility index (Phi) is 5.80. The van der Waals surface area contributed by atoms with Crippen LogP contribution in [0.25, 0.3) is 0 Å². The van der Waals surface area contributed by atoms with E-state index < -0.39 is 0 Å². The number of hydrogen-bond donors (Lipinski definition) is 2. The predicted molar refractivity (Wildman–Crippen MR) is 101 cm³/mol. The Balaban J connectivity index is 1.54. The topological polar surface area (TPSA) is 79.4 Å². The lowest BCUT2D eigenvalue weighted by atomic mass is 10.0. The third kappa shape index (κ3) is 4.77. The Morgan fingerprint density at radius 2 is 1.85 bits per heavy atom. The molecule has 0 aliphatic carbocycles. The van der Waals surface area contributed by atoms with Gasteiger partial charge in [0.25, 0.3) is 5.91 Å². The molecule has 0 radical (unpaired) electrons. The van der Waals surface area contributed by atoms with Crippen LogP contribution in [0.2, 0.25) is 0 Å². The van der Waals surface area contributed by atoms with Crippen molar-refractivity contribution in [3.8, 4) is 0 Å². The number of morpholine rings is 1. The predicted octanol–water partition coefficient (Wildman–Crippen LogP) is 2.25. The van der Waals surface area contributed by atoms with Crippen LogP contribution in [-0.4, -0.2) is 59.4 Å². The average molecular weight is 355 g/mol. The molecule has 1 aliphatic heterocycles. The second kappa shape index (κ2) is 8.25. The zero-order chi connectivity index (χ0) is 18.4. The lowest BCUT2D eigenvalue weighted by molar-refractivity contribution is -0.00570. The Hall–Kier alpha value is -2.51. The first kappa shape index (κ1) is 18.3. The van der Waals surface area contributed by atoms with E-state index in [0.29, 0.717) is 5.82 Å². The molecule has 0 unspecified atom stereocenters. The number of carbonyl (C=O) groups is 1. The standard InChI is InChI=1S/C19H25N5O2/c1-19(2,24-10-12-26-13-11-24)14-20-17-9-8-16(22-23-17)18(25)21-15-6-4-3-5-7-15/h3-9H,10-14H2,1-2H3,(H,20,23)(H,21,25). The first-order valence-electron chi connectivity index (χ1n) is 8.81. The fourth-order valence-corrected chi connectivity index (χ4v) is 2.85. The van der Waals surface area contributed by atoms with E-state index in [0.717, 1.165) is 38.5 Å². The molecular formula is C19H25N5O2. The van der Waals surface area contributed by atoms with E-state index in [1.165, 1.54) is 0 Å². The SMILES string of the molecule is CC(C)(CNc1ccc(C(=O)Nc2ccccc2)nn1)N1CCOCC1. The quantitative estimate of drug-likeness (QED) is 0.827. The van der Waals surface area contributed by atoms with Crippen LogP contribution in [-0.2, 0) is 4.74 Å². The molecule has 26 heavy (non-hydrogen) atoms. The summed E-state index contributed by atoms with van der Waals surface area (Å²) in [6.45, 7) is 8.53. The van der Waals surface area contributed by atoms with Crippen LogP contribution in [0.5, 0.6) is 0 Å². The zero-order valence-corrected chi connectivity index (χ0v) is 15.2. The summed E-state index contributed by atoms with van der Waals surface area (Å²) in [5, 5.41) is 14.3. The van der Waals surface area contributed by atoms with Gasteiger partial charge in [-0.15, -0.1) is 10.2 Å². The Morgan fingerprint density at radius 3 is 2.50 bits per heavy atom. The minimum Gasteiger partial charge on any atom is -0.379 e. The number of amides is 1. The van der Waals surface area contributed by atoms with Crippen molar-refractivity contribution >= 4 is 17.4 Å². The summed E-state index contributed by atoms with van der Waals surface area (Å²) in [6.07, 6.45) is 0. The first-order valence-corrected chi connectivity index (χ1v) is 8.81. The number of anilines is 2. The van der Waals surface area contributed by atoms with Crippen molar-refractivity contribution < 1.29 is 9.53 Å². The number of aromatic nitrogens is 2. The molecule has 7 nitrogen and oxygen atoms in total. The van der Waals surface area contributed by atoms with E-state index in [1.807, 2.05) is 30.3 Å². The summed E-state index contributed by atoms with van der Waals surface area (Å²) in [4.78, 5) is 14.6. The van der Waals surface area contributed by atoms with Crippen molar-refractivity contribution in [2.45, 2.75) is 19.4 Å². The van der Waals surface area contributed by atoms with E-state index >= 15 is 0 Å². The monoisotopic (exact) mass is 355 g/mol. The molecule has 7 heteroatoms. The highest BCUT2D eigenvalue weighted by Gasteiger charge is 2.28. The second-order valence-corrected chi connectivity index (χ2v) is 6.89. The fraction of sp³-hybridized carbons (Fsp3) is 0.421. The molecular weight excluding hydrogens is 330 g/mol. The highest BCUT2D eigenvalue weighted by atomic mass is 16.5. The number of hydrogen-bond acceptors (Lipinski definition) is 6. The van der Waals surface area contributed by atoms with Gasteiger partial charge >= 0.3 is 0 Å². The number of para-hydroxylation sites is 1. The van der Waals surface area contributed by atoms with Crippen molar-refractivity contribution in [1.82, 2.24) is 15.1 Å². The van der Waals surface area contributed by atoms with Crippen LogP contribution >= 0.6 is 0 Å². The van der Waals surface area contributed by atoms with Crippen LogP contribution in [0.4, 0.5) is 11.5 Å². The smallest absolute Gasteiger partial charge is 0.276 e. The van der Waals surface area contributed by atoms with Crippen molar-refractivity contribution in [3.63, 3.8) is 0 Å². The molecule has 1 aliphatic rings. The average Bonchev–Trinajstić information content (AvgIpc) is 2.68. The van der Waals surface area contributed by atoms with Gasteiger partial charge in [-0.25, -0.2) is 0 Å². The molecule has 0 spiro atoms. The maximum atomic E-state index is 12.2. The van der Waals surface area contributed by atoms with Gasteiger partial charge in [0.15, 0.2) is 5.69 Å². The van der Waals surface area contributed by atoms with E-state index in [1.54, 1.807) is 12.1 Å². The number of nitrogens with one attached hydrogen (secondary N) is 2. The molecule has 0 bridgehead atoms. The van der Waals surface area contributed by atoms with Crippen LogP contribution in [0.3, 0.4) is 0 Å². The molecule has 0 saturated carbocycles. The molecule has 138 valence electrons.